The number of sulfonamides is 1. The van der Waals surface area contributed by atoms with E-state index in [1.807, 2.05) is 22.4 Å². The second-order valence-electron chi connectivity index (χ2n) is 8.53. The lowest BCUT2D eigenvalue weighted by Gasteiger charge is -2.36. The van der Waals surface area contributed by atoms with Gasteiger partial charge in [-0.3, -0.25) is 4.90 Å². The van der Waals surface area contributed by atoms with E-state index in [-0.39, 0.29) is 30.3 Å². The zero-order valence-corrected chi connectivity index (χ0v) is 18.7. The fourth-order valence-electron chi connectivity index (χ4n) is 4.49. The molecule has 2 heterocycles. The van der Waals surface area contributed by atoms with Crippen LogP contribution in [0.3, 0.4) is 0 Å². The summed E-state index contributed by atoms with van der Waals surface area (Å²) in [6.45, 7) is 1.33. The first-order valence-electron chi connectivity index (χ1n) is 10.3. The summed E-state index contributed by atoms with van der Waals surface area (Å²) < 4.78 is 34.1. The molecule has 2 aliphatic rings. The number of aliphatic hydroxyl groups is 3. The van der Waals surface area contributed by atoms with E-state index in [0.29, 0.717) is 25.9 Å². The number of hydrogen-bond acceptors (Lipinski definition) is 8. The van der Waals surface area contributed by atoms with Crippen molar-refractivity contribution in [2.75, 3.05) is 26.2 Å². The number of nitrogens with zero attached hydrogens (tertiary/aromatic N) is 1. The number of thiophene rings is 1. The van der Waals surface area contributed by atoms with Crippen molar-refractivity contribution in [2.24, 2.45) is 5.41 Å². The summed E-state index contributed by atoms with van der Waals surface area (Å²) in [6, 6.07) is 10.3. The summed E-state index contributed by atoms with van der Waals surface area (Å²) in [6.07, 6.45) is -2.00. The second-order valence-corrected chi connectivity index (χ2v) is 11.3. The Kier molecular flexibility index (Phi) is 6.68. The molecule has 8 nitrogen and oxygen atoms in total. The normalized spacial score (nSPS) is 32.0. The third-order valence-electron chi connectivity index (χ3n) is 5.90. The molecule has 0 bridgehead atoms. The molecule has 2 aromatic rings. The fraction of sp³-hybridized carbons (Fsp3) is 0.524. The van der Waals surface area contributed by atoms with Gasteiger partial charge in [0.15, 0.2) is 0 Å². The average molecular weight is 469 g/mol. The van der Waals surface area contributed by atoms with Crippen molar-refractivity contribution >= 4 is 21.4 Å². The van der Waals surface area contributed by atoms with Crippen LogP contribution in [0.15, 0.2) is 46.7 Å². The van der Waals surface area contributed by atoms with E-state index in [2.05, 4.69) is 4.72 Å². The number of fused-ring (bicyclic) bond motifs is 1. The molecule has 1 aromatic carbocycles. The van der Waals surface area contributed by atoms with Crippen LogP contribution in [0.1, 0.15) is 17.7 Å². The minimum atomic E-state index is -3.88. The maximum absolute atomic E-state index is 12.8. The Labute approximate surface area is 186 Å². The molecule has 4 rings (SSSR count). The van der Waals surface area contributed by atoms with Crippen molar-refractivity contribution in [1.82, 2.24) is 9.62 Å². The Morgan fingerprint density at radius 1 is 1.13 bits per heavy atom. The van der Waals surface area contributed by atoms with Gasteiger partial charge in [0.05, 0.1) is 24.9 Å². The smallest absolute Gasteiger partial charge is 0.244 e. The van der Waals surface area contributed by atoms with Gasteiger partial charge < -0.3 is 20.1 Å². The molecule has 170 valence electrons. The molecule has 10 heteroatoms. The van der Waals surface area contributed by atoms with Crippen LogP contribution in [0, 0.1) is 5.41 Å². The first kappa shape index (κ1) is 22.7. The van der Waals surface area contributed by atoms with Gasteiger partial charge in [0.1, 0.15) is 10.6 Å². The minimum absolute atomic E-state index is 0.00691. The van der Waals surface area contributed by atoms with Crippen LogP contribution in [0.2, 0.25) is 0 Å². The lowest BCUT2D eigenvalue weighted by Crippen LogP contribution is -2.46. The number of hydrogen-bond donors (Lipinski definition) is 4. The van der Waals surface area contributed by atoms with Gasteiger partial charge in [-0.05, 0) is 36.4 Å². The zero-order chi connectivity index (χ0) is 22.1. The van der Waals surface area contributed by atoms with Crippen LogP contribution in [-0.2, 0) is 16.6 Å². The molecule has 1 spiro atoms. The summed E-state index contributed by atoms with van der Waals surface area (Å²) in [7, 11) is -3.88. The highest BCUT2D eigenvalue weighted by atomic mass is 32.2. The molecule has 1 fully saturated rings. The highest BCUT2D eigenvalue weighted by Gasteiger charge is 2.46. The van der Waals surface area contributed by atoms with Crippen molar-refractivity contribution in [3.05, 3.63) is 46.7 Å². The Bertz CT molecular complexity index is 972. The lowest BCUT2D eigenvalue weighted by molar-refractivity contribution is 0.0432. The third kappa shape index (κ3) is 5.28. The molecule has 4 atom stereocenters. The van der Waals surface area contributed by atoms with Crippen LogP contribution >= 0.6 is 11.3 Å². The number of para-hydroxylation sites is 1. The molecular formula is C21H28N2O6S2. The summed E-state index contributed by atoms with van der Waals surface area (Å²) >= 11 is 1.60. The van der Waals surface area contributed by atoms with E-state index in [1.54, 1.807) is 29.5 Å². The maximum atomic E-state index is 12.8. The van der Waals surface area contributed by atoms with Gasteiger partial charge in [0, 0.05) is 36.5 Å². The predicted octanol–water partition coefficient (Wildman–Crippen LogP) is 0.784. The number of ether oxygens (including phenoxy) is 1. The van der Waals surface area contributed by atoms with Crippen LogP contribution in [-0.4, -0.2) is 73.2 Å². The van der Waals surface area contributed by atoms with Crippen LogP contribution in [0.4, 0.5) is 0 Å². The van der Waals surface area contributed by atoms with E-state index in [9.17, 15) is 23.7 Å². The van der Waals surface area contributed by atoms with Gasteiger partial charge in [-0.15, -0.1) is 11.3 Å². The maximum Gasteiger partial charge on any atom is 0.244 e. The van der Waals surface area contributed by atoms with Crippen molar-refractivity contribution in [3.63, 3.8) is 0 Å². The first-order valence-corrected chi connectivity index (χ1v) is 12.6. The molecule has 0 amide bonds. The van der Waals surface area contributed by atoms with E-state index in [1.165, 1.54) is 6.07 Å². The zero-order valence-electron chi connectivity index (χ0n) is 17.1. The molecule has 1 aliphatic heterocycles. The van der Waals surface area contributed by atoms with Crippen molar-refractivity contribution < 1.29 is 28.5 Å². The lowest BCUT2D eigenvalue weighted by atomic mass is 9.86. The molecule has 0 radical (unpaired) electrons. The van der Waals surface area contributed by atoms with Gasteiger partial charge in [-0.2, -0.15) is 0 Å². The summed E-state index contributed by atoms with van der Waals surface area (Å²) in [5.74, 6) is 0.213. The monoisotopic (exact) mass is 468 g/mol. The standard InChI is InChI=1S/C21H28N2O6S2/c24-15-10-22-31(27,28)20-6-2-1-5-19(20)29-14-21(8-17(25)18(26)9-21)13-23(11-15)12-16-4-3-7-30-16/h1-7,15,17-18,22,24-26H,8-14H2/t15-,17-,18+,21?/m0/s1. The molecule has 0 saturated heterocycles. The molecule has 1 unspecified atom stereocenters. The minimum Gasteiger partial charge on any atom is -0.492 e. The van der Waals surface area contributed by atoms with E-state index in [0.717, 1.165) is 4.88 Å². The molecule has 1 aliphatic carbocycles. The summed E-state index contributed by atoms with van der Waals surface area (Å²) in [5, 5.41) is 33.2. The number of rotatable bonds is 2. The quantitative estimate of drug-likeness (QED) is 0.514. The number of benzene rings is 1. The SMILES string of the molecule is O=S1(=O)NC[C@H](O)CN(Cc2cccs2)CC2(COc3ccccc31)C[C@@H](O)[C@@H](O)C2. The Morgan fingerprint density at radius 3 is 2.58 bits per heavy atom. The van der Waals surface area contributed by atoms with Gasteiger partial charge in [0.25, 0.3) is 0 Å². The van der Waals surface area contributed by atoms with Crippen LogP contribution < -0.4 is 9.46 Å². The second kappa shape index (κ2) is 9.14. The van der Waals surface area contributed by atoms with Crippen molar-refractivity contribution in [2.45, 2.75) is 42.6 Å². The number of nitrogens with one attached hydrogen (secondary N) is 1. The summed E-state index contributed by atoms with van der Waals surface area (Å²) in [4.78, 5) is 3.17. The highest BCUT2D eigenvalue weighted by Crippen LogP contribution is 2.41. The Balaban J connectivity index is 1.68. The number of aliphatic hydroxyl groups excluding tert-OH is 3. The predicted molar refractivity (Wildman–Crippen MR) is 116 cm³/mol. The van der Waals surface area contributed by atoms with Gasteiger partial charge >= 0.3 is 0 Å². The molecule has 1 saturated carbocycles. The van der Waals surface area contributed by atoms with E-state index >= 15 is 0 Å². The fourth-order valence-corrected chi connectivity index (χ4v) is 6.45. The largest absolute Gasteiger partial charge is 0.492 e. The first-order chi connectivity index (χ1) is 14.8. The van der Waals surface area contributed by atoms with E-state index in [4.69, 9.17) is 4.74 Å². The van der Waals surface area contributed by atoms with Gasteiger partial charge in [0.2, 0.25) is 10.0 Å². The highest BCUT2D eigenvalue weighted by molar-refractivity contribution is 7.89. The Morgan fingerprint density at radius 2 is 1.87 bits per heavy atom. The van der Waals surface area contributed by atoms with Crippen LogP contribution in [0.5, 0.6) is 5.75 Å². The molecule has 1 aromatic heterocycles. The van der Waals surface area contributed by atoms with Gasteiger partial charge in [-0.25, -0.2) is 13.1 Å². The third-order valence-corrected chi connectivity index (χ3v) is 8.22. The molecule has 31 heavy (non-hydrogen) atoms. The Hall–Kier alpha value is -1.53. The van der Waals surface area contributed by atoms with Crippen molar-refractivity contribution in [1.29, 1.82) is 0 Å². The van der Waals surface area contributed by atoms with E-state index < -0.39 is 33.8 Å². The molecular weight excluding hydrogens is 440 g/mol. The average Bonchev–Trinajstić information content (AvgIpc) is 3.32. The number of β-amino-alcohol motifs (C(OH)–C–C–N with tert-alkyl or cyclic N) is 1. The van der Waals surface area contributed by atoms with Gasteiger partial charge in [-0.1, -0.05) is 18.2 Å². The summed E-state index contributed by atoms with van der Waals surface area (Å²) in [5.41, 5.74) is -0.584. The molecule has 4 N–H and O–H groups in total. The van der Waals surface area contributed by atoms with Crippen molar-refractivity contribution in [3.8, 4) is 5.75 Å². The topological polar surface area (TPSA) is 119 Å². The van der Waals surface area contributed by atoms with Crippen LogP contribution in [0.25, 0.3) is 0 Å².